The lowest BCUT2D eigenvalue weighted by Crippen LogP contribution is -2.21. The largest absolute Gasteiger partial charge is 0.306 e. The highest BCUT2D eigenvalue weighted by molar-refractivity contribution is 7.10. The van der Waals surface area contributed by atoms with Crippen molar-refractivity contribution in [1.82, 2.24) is 5.32 Å². The maximum Gasteiger partial charge on any atom is 0.0674 e. The predicted octanol–water partition coefficient (Wildman–Crippen LogP) is 4.72. The average molecular weight is 280 g/mol. The van der Waals surface area contributed by atoms with Crippen LogP contribution < -0.4 is 5.32 Å². The van der Waals surface area contributed by atoms with Crippen molar-refractivity contribution in [3.05, 3.63) is 56.2 Å². The van der Waals surface area contributed by atoms with Crippen molar-refractivity contribution in [1.29, 1.82) is 0 Å². The van der Waals surface area contributed by atoms with Crippen molar-refractivity contribution in [2.75, 3.05) is 6.54 Å². The first kappa shape index (κ1) is 13.6. The van der Waals surface area contributed by atoms with Crippen molar-refractivity contribution in [2.45, 2.75) is 26.8 Å². The molecule has 1 aromatic carbocycles. The highest BCUT2D eigenvalue weighted by Gasteiger charge is 2.16. The van der Waals surface area contributed by atoms with Crippen molar-refractivity contribution in [3.8, 4) is 0 Å². The second-order valence-electron chi connectivity index (χ2n) is 4.47. The van der Waals surface area contributed by atoms with Gasteiger partial charge >= 0.3 is 0 Å². The molecule has 1 unspecified atom stereocenters. The van der Waals surface area contributed by atoms with Gasteiger partial charge in [0.15, 0.2) is 0 Å². The van der Waals surface area contributed by atoms with E-state index in [4.69, 9.17) is 11.6 Å². The number of benzene rings is 1. The fourth-order valence-corrected chi connectivity index (χ4v) is 3.25. The Kier molecular flexibility index (Phi) is 4.44. The third-order valence-corrected chi connectivity index (χ3v) is 4.59. The second kappa shape index (κ2) is 5.87. The minimum Gasteiger partial charge on any atom is -0.306 e. The van der Waals surface area contributed by atoms with Crippen LogP contribution in [0.3, 0.4) is 0 Å². The fourth-order valence-electron chi connectivity index (χ4n) is 2.03. The number of aryl methyl sites for hydroxylation is 2. The summed E-state index contributed by atoms with van der Waals surface area (Å²) in [7, 11) is 0. The number of nitrogens with one attached hydrogen (secondary N) is 1. The van der Waals surface area contributed by atoms with Crippen molar-refractivity contribution < 1.29 is 0 Å². The van der Waals surface area contributed by atoms with Gasteiger partial charge in [-0.15, -0.1) is 11.3 Å². The predicted molar refractivity (Wildman–Crippen MR) is 80.8 cm³/mol. The van der Waals surface area contributed by atoms with Crippen LogP contribution in [0.2, 0.25) is 5.02 Å². The Bertz CT molecular complexity index is 533. The number of halogens is 1. The van der Waals surface area contributed by atoms with E-state index < -0.39 is 0 Å². The third-order valence-electron chi connectivity index (χ3n) is 3.10. The second-order valence-corrected chi connectivity index (χ2v) is 5.82. The maximum atomic E-state index is 6.23. The molecule has 18 heavy (non-hydrogen) atoms. The minimum absolute atomic E-state index is 0.244. The number of hydrogen-bond acceptors (Lipinski definition) is 2. The molecule has 1 aromatic heterocycles. The summed E-state index contributed by atoms with van der Waals surface area (Å²) in [5, 5.41) is 6.52. The summed E-state index contributed by atoms with van der Waals surface area (Å²) in [6.07, 6.45) is 0. The van der Waals surface area contributed by atoms with Crippen LogP contribution in [0, 0.1) is 13.8 Å². The summed E-state index contributed by atoms with van der Waals surface area (Å²) in [5.74, 6) is 0. The lowest BCUT2D eigenvalue weighted by Gasteiger charge is -2.19. The molecule has 0 aliphatic rings. The lowest BCUT2D eigenvalue weighted by molar-refractivity contribution is 0.637. The van der Waals surface area contributed by atoms with Crippen molar-refractivity contribution in [2.24, 2.45) is 0 Å². The molecule has 0 spiro atoms. The first-order chi connectivity index (χ1) is 8.63. The van der Waals surface area contributed by atoms with E-state index in [1.807, 2.05) is 6.92 Å². The SMILES string of the molecule is CCNC(c1ccc(C)c(Cl)c1)c1sccc1C. The van der Waals surface area contributed by atoms with Crippen LogP contribution >= 0.6 is 22.9 Å². The van der Waals surface area contributed by atoms with E-state index in [1.54, 1.807) is 11.3 Å². The number of rotatable bonds is 4. The van der Waals surface area contributed by atoms with E-state index in [1.165, 1.54) is 16.0 Å². The maximum absolute atomic E-state index is 6.23. The Morgan fingerprint density at radius 1 is 1.22 bits per heavy atom. The van der Waals surface area contributed by atoms with E-state index in [0.717, 1.165) is 17.1 Å². The van der Waals surface area contributed by atoms with Gasteiger partial charge < -0.3 is 5.32 Å². The molecule has 3 heteroatoms. The molecule has 0 saturated carbocycles. The summed E-state index contributed by atoms with van der Waals surface area (Å²) in [6.45, 7) is 7.26. The molecule has 0 radical (unpaired) electrons. The van der Waals surface area contributed by atoms with Gasteiger partial charge in [-0.3, -0.25) is 0 Å². The highest BCUT2D eigenvalue weighted by atomic mass is 35.5. The highest BCUT2D eigenvalue weighted by Crippen LogP contribution is 2.31. The molecule has 0 fully saturated rings. The Morgan fingerprint density at radius 2 is 2.00 bits per heavy atom. The van der Waals surface area contributed by atoms with Crippen LogP contribution in [0.25, 0.3) is 0 Å². The minimum atomic E-state index is 0.244. The molecular weight excluding hydrogens is 262 g/mol. The zero-order valence-corrected chi connectivity index (χ0v) is 12.5. The molecular formula is C15H18ClNS. The lowest BCUT2D eigenvalue weighted by atomic mass is 10.0. The van der Waals surface area contributed by atoms with Gasteiger partial charge in [-0.2, -0.15) is 0 Å². The molecule has 96 valence electrons. The van der Waals surface area contributed by atoms with Crippen molar-refractivity contribution >= 4 is 22.9 Å². The van der Waals surface area contributed by atoms with Gasteiger partial charge in [-0.25, -0.2) is 0 Å². The van der Waals surface area contributed by atoms with E-state index >= 15 is 0 Å². The Hall–Kier alpha value is -0.830. The number of thiophene rings is 1. The van der Waals surface area contributed by atoms with Gasteiger partial charge in [0.05, 0.1) is 6.04 Å². The first-order valence-corrected chi connectivity index (χ1v) is 7.42. The Labute approximate surface area is 118 Å². The smallest absolute Gasteiger partial charge is 0.0674 e. The normalized spacial score (nSPS) is 12.7. The van der Waals surface area contributed by atoms with Crippen LogP contribution in [0.4, 0.5) is 0 Å². The van der Waals surface area contributed by atoms with Gasteiger partial charge in [0.2, 0.25) is 0 Å². The molecule has 1 nitrogen and oxygen atoms in total. The molecule has 2 aromatic rings. The Morgan fingerprint density at radius 3 is 2.56 bits per heavy atom. The molecule has 0 saturated heterocycles. The van der Waals surface area contributed by atoms with Crippen LogP contribution in [0.1, 0.15) is 34.5 Å². The summed E-state index contributed by atoms with van der Waals surface area (Å²) in [5.41, 5.74) is 3.69. The summed E-state index contributed by atoms with van der Waals surface area (Å²) in [6, 6.07) is 8.73. The third kappa shape index (κ3) is 2.77. The quantitative estimate of drug-likeness (QED) is 0.854. The Balaban J connectivity index is 2.41. The van der Waals surface area contributed by atoms with Crippen LogP contribution in [0.15, 0.2) is 29.6 Å². The van der Waals surface area contributed by atoms with E-state index in [0.29, 0.717) is 0 Å². The molecule has 2 rings (SSSR count). The standard InChI is InChI=1S/C15H18ClNS/c1-4-17-14(15-11(3)7-8-18-15)12-6-5-10(2)13(16)9-12/h5-9,14,17H,4H2,1-3H3. The van der Waals surface area contributed by atoms with Crippen LogP contribution in [0.5, 0.6) is 0 Å². The molecule has 0 aliphatic carbocycles. The van der Waals surface area contributed by atoms with Crippen molar-refractivity contribution in [3.63, 3.8) is 0 Å². The molecule has 0 aliphatic heterocycles. The molecule has 0 amide bonds. The van der Waals surface area contributed by atoms with Gasteiger partial charge in [-0.05, 0) is 54.6 Å². The average Bonchev–Trinajstić information content (AvgIpc) is 2.76. The number of hydrogen-bond donors (Lipinski definition) is 1. The van der Waals surface area contributed by atoms with Gasteiger partial charge in [0.25, 0.3) is 0 Å². The van der Waals surface area contributed by atoms with E-state index in [-0.39, 0.29) is 6.04 Å². The zero-order chi connectivity index (χ0) is 13.1. The molecule has 1 atom stereocenters. The van der Waals surface area contributed by atoms with Gasteiger partial charge in [-0.1, -0.05) is 30.7 Å². The monoisotopic (exact) mass is 279 g/mol. The van der Waals surface area contributed by atoms with E-state index in [9.17, 15) is 0 Å². The summed E-state index contributed by atoms with van der Waals surface area (Å²) in [4.78, 5) is 1.37. The molecule has 0 bridgehead atoms. The first-order valence-electron chi connectivity index (χ1n) is 6.17. The molecule has 1 N–H and O–H groups in total. The van der Waals surface area contributed by atoms with Gasteiger partial charge in [0, 0.05) is 9.90 Å². The van der Waals surface area contributed by atoms with Crippen LogP contribution in [-0.4, -0.2) is 6.54 Å². The molecule has 1 heterocycles. The summed E-state index contributed by atoms with van der Waals surface area (Å²) < 4.78 is 0. The van der Waals surface area contributed by atoms with E-state index in [2.05, 4.69) is 48.8 Å². The van der Waals surface area contributed by atoms with Crippen LogP contribution in [-0.2, 0) is 0 Å². The fraction of sp³-hybridized carbons (Fsp3) is 0.333. The topological polar surface area (TPSA) is 12.0 Å². The van der Waals surface area contributed by atoms with Gasteiger partial charge in [0.1, 0.15) is 0 Å². The summed E-state index contributed by atoms with van der Waals surface area (Å²) >= 11 is 8.03. The zero-order valence-electron chi connectivity index (χ0n) is 11.0.